The predicted molar refractivity (Wildman–Crippen MR) is 208 cm³/mol. The monoisotopic (exact) mass is 626 g/mol. The lowest BCUT2D eigenvalue weighted by Crippen LogP contribution is -1.91. The van der Waals surface area contributed by atoms with E-state index in [1.807, 2.05) is 91.0 Å². The average molecular weight is 627 g/mol. The molecule has 1 aromatic heterocycles. The molecule has 0 aliphatic heterocycles. The molecule has 0 atom stereocenters. The summed E-state index contributed by atoms with van der Waals surface area (Å²) in [5, 5.41) is 8.03. The third kappa shape index (κ3) is 4.47. The van der Waals surface area contributed by atoms with Gasteiger partial charge >= 0.3 is 0 Å². The molecule has 0 radical (unpaired) electrons. The molecule has 0 amide bonds. The Morgan fingerprint density at radius 1 is 0.388 bits per heavy atom. The van der Waals surface area contributed by atoms with Crippen molar-refractivity contribution in [2.45, 2.75) is 0 Å². The maximum Gasteiger partial charge on any atom is 0.143 e. The van der Waals surface area contributed by atoms with E-state index in [2.05, 4.69) is 66.7 Å². The Bertz CT molecular complexity index is 3050. The van der Waals surface area contributed by atoms with Crippen molar-refractivity contribution in [3.05, 3.63) is 182 Å². The summed E-state index contributed by atoms with van der Waals surface area (Å²) in [6.07, 6.45) is 0. The lowest BCUT2D eigenvalue weighted by atomic mass is 9.85. The fraction of sp³-hybridized carbons (Fsp3) is 0. The molecule has 0 unspecified atom stereocenters. The molecule has 0 saturated carbocycles. The zero-order valence-corrected chi connectivity index (χ0v) is 26.4. The summed E-state index contributed by atoms with van der Waals surface area (Å²) in [6, 6.07) is 52.7. The fourth-order valence-corrected chi connectivity index (χ4v) is 7.46. The molecule has 0 aliphatic carbocycles. The molecule has 0 spiro atoms. The Balaban J connectivity index is 1.21. The van der Waals surface area contributed by atoms with Crippen LogP contribution in [-0.4, -0.2) is 0 Å². The van der Waals surface area contributed by atoms with Gasteiger partial charge in [0.1, 0.15) is 11.2 Å². The molecular formula is C48H30O. The molecule has 0 bridgehead atoms. The molecule has 0 aliphatic rings. The molecule has 0 N–H and O–H groups in total. The number of para-hydroxylation sites is 1. The van der Waals surface area contributed by atoms with Gasteiger partial charge in [-0.05, 0) is 95.5 Å². The van der Waals surface area contributed by atoms with E-state index in [0.29, 0.717) is 22.3 Å². The third-order valence-electron chi connectivity index (χ3n) is 9.72. The van der Waals surface area contributed by atoms with Crippen LogP contribution in [0, 0.1) is 0 Å². The smallest absolute Gasteiger partial charge is 0.143 e. The maximum atomic E-state index is 9.74. The van der Waals surface area contributed by atoms with Gasteiger partial charge in [0.15, 0.2) is 0 Å². The minimum Gasteiger partial charge on any atom is -0.455 e. The van der Waals surface area contributed by atoms with Crippen LogP contribution in [-0.2, 0) is 0 Å². The number of rotatable bonds is 4. The summed E-state index contributed by atoms with van der Waals surface area (Å²) in [4.78, 5) is 0. The average Bonchev–Trinajstić information content (AvgIpc) is 3.58. The van der Waals surface area contributed by atoms with Crippen molar-refractivity contribution in [2.24, 2.45) is 0 Å². The Kier molecular flexibility index (Phi) is 5.38. The van der Waals surface area contributed by atoms with Crippen LogP contribution in [0.1, 0.15) is 5.48 Å². The standard InChI is InChI=1S/C48H30O/c1-2-13-32(14-3-1)46-40-18-6-8-20-42(40)47(43-21-9-7-19-41(43)46)37-17-10-16-34(29-37)35-26-27-39-44-23-11-22-38(48(44)49-45(39)30-35)36-25-24-31-12-4-5-15-33(31)28-36/h1-30H/i10D,16D,17D,29D. The number of hydrogen-bond donors (Lipinski definition) is 0. The fourth-order valence-electron chi connectivity index (χ4n) is 7.46. The van der Waals surface area contributed by atoms with Gasteiger partial charge in [-0.15, -0.1) is 0 Å². The molecule has 0 fully saturated rings. The molecule has 10 rings (SSSR count). The molecular weight excluding hydrogens is 593 g/mol. The molecule has 9 aromatic carbocycles. The van der Waals surface area contributed by atoms with Gasteiger partial charge in [-0.2, -0.15) is 0 Å². The van der Waals surface area contributed by atoms with Crippen molar-refractivity contribution in [3.8, 4) is 44.5 Å². The van der Waals surface area contributed by atoms with Crippen molar-refractivity contribution in [2.75, 3.05) is 0 Å². The minimum absolute atomic E-state index is 0.0473. The van der Waals surface area contributed by atoms with Crippen LogP contribution in [0.3, 0.4) is 0 Å². The van der Waals surface area contributed by atoms with Crippen molar-refractivity contribution >= 4 is 54.3 Å². The lowest BCUT2D eigenvalue weighted by molar-refractivity contribution is 0.670. The normalized spacial score (nSPS) is 12.8. The van der Waals surface area contributed by atoms with E-state index in [1.54, 1.807) is 0 Å². The summed E-state index contributed by atoms with van der Waals surface area (Å²) >= 11 is 0. The van der Waals surface area contributed by atoms with Crippen molar-refractivity contribution in [1.29, 1.82) is 0 Å². The molecule has 1 heterocycles. The first-order chi connectivity index (χ1) is 26.0. The van der Waals surface area contributed by atoms with Gasteiger partial charge in [-0.3, -0.25) is 0 Å². The highest BCUT2D eigenvalue weighted by molar-refractivity contribution is 6.21. The van der Waals surface area contributed by atoms with E-state index < -0.39 is 0 Å². The molecule has 0 saturated heterocycles. The second kappa shape index (κ2) is 11.1. The van der Waals surface area contributed by atoms with E-state index in [9.17, 15) is 2.74 Å². The van der Waals surface area contributed by atoms with Gasteiger partial charge in [0.2, 0.25) is 0 Å². The largest absolute Gasteiger partial charge is 0.455 e. The SMILES string of the molecule is [2H]c1c([2H])c(-c2ccc3c(c2)oc2c(-c4ccc5ccccc5c4)cccc23)c([2H])c(-c2c3ccccc3c(-c3ccccc3)c3ccccc23)c1[2H]. The predicted octanol–water partition coefficient (Wildman–Crippen LogP) is 13.7. The van der Waals surface area contributed by atoms with Gasteiger partial charge in [-0.1, -0.05) is 158 Å². The van der Waals surface area contributed by atoms with E-state index in [-0.39, 0.29) is 24.2 Å². The van der Waals surface area contributed by atoms with Crippen LogP contribution in [0.5, 0.6) is 0 Å². The van der Waals surface area contributed by atoms with Gasteiger partial charge in [0.05, 0.1) is 5.48 Å². The van der Waals surface area contributed by atoms with Crippen LogP contribution in [0.4, 0.5) is 0 Å². The highest BCUT2D eigenvalue weighted by Crippen LogP contribution is 2.44. The quantitative estimate of drug-likeness (QED) is 0.177. The first kappa shape index (κ1) is 23.8. The minimum atomic E-state index is -0.213. The Morgan fingerprint density at radius 3 is 1.76 bits per heavy atom. The maximum absolute atomic E-state index is 9.74. The molecule has 1 nitrogen and oxygen atoms in total. The van der Waals surface area contributed by atoms with Crippen molar-refractivity contribution in [3.63, 3.8) is 0 Å². The molecule has 228 valence electrons. The summed E-state index contributed by atoms with van der Waals surface area (Å²) < 4.78 is 43.8. The molecule has 49 heavy (non-hydrogen) atoms. The summed E-state index contributed by atoms with van der Waals surface area (Å²) in [5.41, 5.74) is 7.59. The second-order valence-electron chi connectivity index (χ2n) is 12.5. The number of fused-ring (bicyclic) bond motifs is 6. The van der Waals surface area contributed by atoms with Crippen LogP contribution < -0.4 is 0 Å². The molecule has 10 aromatic rings. The zero-order valence-electron chi connectivity index (χ0n) is 30.4. The van der Waals surface area contributed by atoms with E-state index in [4.69, 9.17) is 7.16 Å². The first-order valence-electron chi connectivity index (χ1n) is 18.5. The van der Waals surface area contributed by atoms with Gasteiger partial charge in [0, 0.05) is 16.3 Å². The van der Waals surface area contributed by atoms with E-state index in [1.165, 1.54) is 5.39 Å². The topological polar surface area (TPSA) is 13.1 Å². The van der Waals surface area contributed by atoms with E-state index in [0.717, 1.165) is 71.1 Å². The lowest BCUT2D eigenvalue weighted by Gasteiger charge is -2.18. The highest BCUT2D eigenvalue weighted by Gasteiger charge is 2.18. The third-order valence-corrected chi connectivity index (χ3v) is 9.72. The Morgan fingerprint density at radius 2 is 1.00 bits per heavy atom. The molecule has 1 heteroatoms. The number of benzene rings is 9. The van der Waals surface area contributed by atoms with Crippen LogP contribution in [0.25, 0.3) is 98.8 Å². The Labute approximate surface area is 289 Å². The highest BCUT2D eigenvalue weighted by atomic mass is 16.3. The van der Waals surface area contributed by atoms with Crippen molar-refractivity contribution < 1.29 is 9.90 Å². The second-order valence-corrected chi connectivity index (χ2v) is 12.5. The zero-order chi connectivity index (χ0) is 35.8. The summed E-state index contributed by atoms with van der Waals surface area (Å²) in [7, 11) is 0. The van der Waals surface area contributed by atoms with Gasteiger partial charge in [0.25, 0.3) is 0 Å². The van der Waals surface area contributed by atoms with Gasteiger partial charge in [-0.25, -0.2) is 0 Å². The van der Waals surface area contributed by atoms with Gasteiger partial charge < -0.3 is 4.42 Å². The number of hydrogen-bond acceptors (Lipinski definition) is 1. The Hall–Kier alpha value is -6.44. The number of furan rings is 1. The summed E-state index contributed by atoms with van der Waals surface area (Å²) in [5.74, 6) is 0. The first-order valence-corrected chi connectivity index (χ1v) is 16.5. The van der Waals surface area contributed by atoms with Crippen LogP contribution in [0.15, 0.2) is 186 Å². The van der Waals surface area contributed by atoms with Crippen LogP contribution in [0.2, 0.25) is 0 Å². The van der Waals surface area contributed by atoms with Crippen molar-refractivity contribution in [1.82, 2.24) is 0 Å². The van der Waals surface area contributed by atoms with E-state index >= 15 is 0 Å². The van der Waals surface area contributed by atoms with Crippen LogP contribution >= 0.6 is 0 Å². The summed E-state index contributed by atoms with van der Waals surface area (Å²) in [6.45, 7) is 0.